The minimum absolute atomic E-state index is 1.26. The van der Waals surface area contributed by atoms with Crippen molar-refractivity contribution in [3.8, 4) is 0 Å². The smallest absolute Gasteiger partial charge is 0.150 e. The molecule has 5 rings (SSSR count). The number of fused-ring (bicyclic) bond motifs is 8. The molecular weight excluding hydrogens is 280 g/mol. The molecule has 0 atom stereocenters. The maximum absolute atomic E-state index is 2.37. The number of aromatic nitrogens is 2. The van der Waals surface area contributed by atoms with Crippen LogP contribution in [0.1, 0.15) is 5.56 Å². The Kier molecular flexibility index (Phi) is 2.38. The molecule has 0 spiro atoms. The molecule has 0 aliphatic carbocycles. The third kappa shape index (κ3) is 1.50. The van der Waals surface area contributed by atoms with Crippen molar-refractivity contribution in [3.63, 3.8) is 0 Å². The second-order valence-electron chi connectivity index (χ2n) is 6.22. The van der Waals surface area contributed by atoms with Crippen molar-refractivity contribution in [1.29, 1.82) is 0 Å². The van der Waals surface area contributed by atoms with E-state index in [2.05, 4.69) is 89.9 Å². The van der Waals surface area contributed by atoms with Gasteiger partial charge in [0.15, 0.2) is 0 Å². The number of pyridine rings is 1. The molecule has 0 saturated heterocycles. The van der Waals surface area contributed by atoms with Crippen molar-refractivity contribution >= 4 is 38.1 Å². The van der Waals surface area contributed by atoms with Gasteiger partial charge < -0.3 is 0 Å². The predicted molar refractivity (Wildman–Crippen MR) is 95.8 cm³/mol. The maximum Gasteiger partial charge on any atom is 0.253 e. The maximum atomic E-state index is 2.37. The van der Waals surface area contributed by atoms with E-state index >= 15 is 0 Å². The van der Waals surface area contributed by atoms with Crippen LogP contribution in [0.25, 0.3) is 38.1 Å². The molecule has 23 heavy (non-hydrogen) atoms. The molecule has 0 aliphatic heterocycles. The van der Waals surface area contributed by atoms with Crippen LogP contribution >= 0.6 is 0 Å². The van der Waals surface area contributed by atoms with Crippen molar-refractivity contribution < 1.29 is 4.52 Å². The highest BCUT2D eigenvalue weighted by molar-refractivity contribution is 6.15. The Morgan fingerprint density at radius 1 is 0.652 bits per heavy atom. The lowest BCUT2D eigenvalue weighted by Gasteiger charge is -2.04. The number of hydrogen-bond acceptors (Lipinski definition) is 0. The van der Waals surface area contributed by atoms with Gasteiger partial charge in [-0.15, -0.1) is 4.68 Å². The quantitative estimate of drug-likeness (QED) is 0.293. The number of hydrogen-bond donors (Lipinski definition) is 0. The Bertz CT molecular complexity index is 1230. The molecular formula is C21H17N2+. The first-order chi connectivity index (χ1) is 11.3. The lowest BCUT2D eigenvalue weighted by molar-refractivity contribution is -0.576. The molecule has 0 N–H and O–H groups in total. The Morgan fingerprint density at radius 3 is 2.09 bits per heavy atom. The topological polar surface area (TPSA) is 9.03 Å². The zero-order valence-electron chi connectivity index (χ0n) is 13.2. The summed E-state index contributed by atoms with van der Waals surface area (Å²) in [4.78, 5) is 0. The fourth-order valence-electron chi connectivity index (χ4n) is 3.93. The normalized spacial score (nSPS) is 11.9. The van der Waals surface area contributed by atoms with Gasteiger partial charge in [0, 0.05) is 10.9 Å². The number of aryl methyl sites for hydroxylation is 2. The molecule has 3 aromatic carbocycles. The molecule has 0 saturated carbocycles. The first-order valence-corrected chi connectivity index (χ1v) is 7.97. The summed E-state index contributed by atoms with van der Waals surface area (Å²) in [6.45, 7) is 2.20. The summed E-state index contributed by atoms with van der Waals surface area (Å²) in [7, 11) is 2.15. The molecule has 0 fully saturated rings. The first-order valence-electron chi connectivity index (χ1n) is 7.97. The third-order valence-corrected chi connectivity index (χ3v) is 4.94. The standard InChI is InChI=1S/C21H17N2/c1-14-8-7-12-16-15-9-3-4-10-17(15)21-18-11-5-6-13-19(18)22(2)23(21)20(14)16/h3-13H,1-2H3/q+1. The van der Waals surface area contributed by atoms with Crippen LogP contribution in [0.2, 0.25) is 0 Å². The Labute approximate surface area is 134 Å². The summed E-state index contributed by atoms with van der Waals surface area (Å²) in [5.41, 5.74) is 5.14. The fourth-order valence-corrected chi connectivity index (χ4v) is 3.93. The lowest BCUT2D eigenvalue weighted by Crippen LogP contribution is -2.32. The molecule has 0 radical (unpaired) electrons. The van der Waals surface area contributed by atoms with E-state index in [0.29, 0.717) is 0 Å². The van der Waals surface area contributed by atoms with E-state index in [4.69, 9.17) is 0 Å². The SMILES string of the molecule is Cc1cccc2c3ccccc3c3c4ccccc4n(C)[n+]3c12. The van der Waals surface area contributed by atoms with Crippen molar-refractivity contribution in [2.45, 2.75) is 6.92 Å². The molecule has 2 nitrogen and oxygen atoms in total. The van der Waals surface area contributed by atoms with Crippen LogP contribution in [-0.4, -0.2) is 4.68 Å². The Hall–Kier alpha value is -2.87. The van der Waals surface area contributed by atoms with Gasteiger partial charge in [0.05, 0.1) is 23.2 Å². The van der Waals surface area contributed by atoms with Crippen LogP contribution in [0, 0.1) is 6.92 Å². The van der Waals surface area contributed by atoms with Crippen molar-refractivity contribution in [2.24, 2.45) is 7.05 Å². The van der Waals surface area contributed by atoms with Gasteiger partial charge in [-0.3, -0.25) is 0 Å². The summed E-state index contributed by atoms with van der Waals surface area (Å²) < 4.78 is 4.64. The number of benzene rings is 3. The van der Waals surface area contributed by atoms with E-state index < -0.39 is 0 Å². The summed E-state index contributed by atoms with van der Waals surface area (Å²) in [6.07, 6.45) is 0. The average Bonchev–Trinajstić information content (AvgIpc) is 2.89. The van der Waals surface area contributed by atoms with Crippen LogP contribution < -0.4 is 4.52 Å². The summed E-state index contributed by atoms with van der Waals surface area (Å²) in [5, 5.41) is 5.24. The highest BCUT2D eigenvalue weighted by Crippen LogP contribution is 2.31. The number of nitrogens with zero attached hydrogens (tertiary/aromatic N) is 2. The van der Waals surface area contributed by atoms with Crippen LogP contribution in [-0.2, 0) is 7.05 Å². The van der Waals surface area contributed by atoms with Gasteiger partial charge in [-0.1, -0.05) is 47.0 Å². The van der Waals surface area contributed by atoms with Crippen LogP contribution in [0.4, 0.5) is 0 Å². The molecule has 5 aromatic rings. The Balaban J connectivity index is 2.30. The summed E-state index contributed by atoms with van der Waals surface area (Å²) in [6, 6.07) is 24.0. The minimum Gasteiger partial charge on any atom is -0.150 e. The average molecular weight is 297 g/mol. The van der Waals surface area contributed by atoms with Gasteiger partial charge in [0.1, 0.15) is 5.52 Å². The van der Waals surface area contributed by atoms with Crippen molar-refractivity contribution in [2.75, 3.05) is 0 Å². The van der Waals surface area contributed by atoms with Gasteiger partial charge in [-0.25, -0.2) is 0 Å². The van der Waals surface area contributed by atoms with E-state index in [9.17, 15) is 0 Å². The largest absolute Gasteiger partial charge is 0.253 e. The molecule has 2 heterocycles. The molecule has 110 valence electrons. The van der Waals surface area contributed by atoms with Crippen LogP contribution in [0.15, 0.2) is 66.7 Å². The van der Waals surface area contributed by atoms with Gasteiger partial charge in [-0.2, -0.15) is 0 Å². The number of para-hydroxylation sites is 2. The van der Waals surface area contributed by atoms with E-state index in [-0.39, 0.29) is 0 Å². The lowest BCUT2D eigenvalue weighted by atomic mass is 10.0. The molecule has 0 bridgehead atoms. The van der Waals surface area contributed by atoms with E-state index in [0.717, 1.165) is 0 Å². The molecule has 0 aliphatic rings. The van der Waals surface area contributed by atoms with Crippen molar-refractivity contribution in [1.82, 2.24) is 4.68 Å². The van der Waals surface area contributed by atoms with Crippen molar-refractivity contribution in [3.05, 3.63) is 72.3 Å². The molecule has 0 unspecified atom stereocenters. The van der Waals surface area contributed by atoms with Gasteiger partial charge in [-0.05, 0) is 31.2 Å². The Morgan fingerprint density at radius 2 is 1.26 bits per heavy atom. The fraction of sp³-hybridized carbons (Fsp3) is 0.0952. The van der Waals surface area contributed by atoms with Crippen LogP contribution in [0.3, 0.4) is 0 Å². The van der Waals surface area contributed by atoms with E-state index in [1.165, 1.54) is 43.7 Å². The summed E-state index contributed by atoms with van der Waals surface area (Å²) in [5.74, 6) is 0. The van der Waals surface area contributed by atoms with E-state index in [1.54, 1.807) is 0 Å². The zero-order chi connectivity index (χ0) is 15.6. The van der Waals surface area contributed by atoms with E-state index in [1.807, 2.05) is 0 Å². The predicted octanol–water partition coefficient (Wildman–Crippen LogP) is 4.53. The second-order valence-corrected chi connectivity index (χ2v) is 6.22. The minimum atomic E-state index is 1.26. The van der Waals surface area contributed by atoms with Gasteiger partial charge >= 0.3 is 0 Å². The van der Waals surface area contributed by atoms with Crippen LogP contribution in [0.5, 0.6) is 0 Å². The molecule has 2 heteroatoms. The molecule has 2 aromatic heterocycles. The zero-order valence-corrected chi connectivity index (χ0v) is 13.2. The van der Waals surface area contributed by atoms with Gasteiger partial charge in [0.2, 0.25) is 5.52 Å². The molecule has 0 amide bonds. The summed E-state index contributed by atoms with van der Waals surface area (Å²) >= 11 is 0. The highest BCUT2D eigenvalue weighted by atomic mass is 15.3. The monoisotopic (exact) mass is 297 g/mol. The highest BCUT2D eigenvalue weighted by Gasteiger charge is 2.24. The number of rotatable bonds is 0. The second kappa shape index (κ2) is 4.32. The third-order valence-electron chi connectivity index (χ3n) is 4.94. The van der Waals surface area contributed by atoms with Gasteiger partial charge in [0.25, 0.3) is 5.52 Å². The first kappa shape index (κ1) is 12.7.